The third-order valence-electron chi connectivity index (χ3n) is 3.17. The van der Waals surface area contributed by atoms with Crippen molar-refractivity contribution in [2.24, 2.45) is 0 Å². The maximum atomic E-state index is 11.8. The van der Waals surface area contributed by atoms with Crippen LogP contribution in [0.2, 0.25) is 0 Å². The molecular weight excluding hydrogens is 270 g/mol. The van der Waals surface area contributed by atoms with Crippen molar-refractivity contribution in [3.63, 3.8) is 0 Å². The van der Waals surface area contributed by atoms with Crippen molar-refractivity contribution >= 4 is 17.5 Å². The van der Waals surface area contributed by atoms with E-state index >= 15 is 0 Å². The molecule has 110 valence electrons. The Morgan fingerprint density at radius 2 is 2.10 bits per heavy atom. The molecule has 1 aromatic rings. The molecule has 1 aliphatic heterocycles. The molecule has 0 spiro atoms. The Kier molecular flexibility index (Phi) is 5.29. The number of hydrogen-bond donors (Lipinski definition) is 2. The van der Waals surface area contributed by atoms with Crippen LogP contribution in [0, 0.1) is 11.3 Å². The van der Waals surface area contributed by atoms with Gasteiger partial charge in [-0.3, -0.25) is 9.59 Å². The lowest BCUT2D eigenvalue weighted by molar-refractivity contribution is -0.130. The third kappa shape index (κ3) is 4.58. The molecule has 1 atom stereocenters. The van der Waals surface area contributed by atoms with Gasteiger partial charge >= 0.3 is 0 Å². The highest BCUT2D eigenvalue weighted by atomic mass is 16.5. The smallest absolute Gasteiger partial charge is 0.249 e. The maximum Gasteiger partial charge on any atom is 0.249 e. The highest BCUT2D eigenvalue weighted by Crippen LogP contribution is 2.13. The summed E-state index contributed by atoms with van der Waals surface area (Å²) in [6, 6.07) is 8.90. The van der Waals surface area contributed by atoms with Crippen LogP contribution < -0.4 is 10.6 Å². The first-order valence-corrected chi connectivity index (χ1v) is 6.84. The molecule has 2 rings (SSSR count). The van der Waals surface area contributed by atoms with Crippen LogP contribution in [-0.2, 0) is 20.9 Å². The number of carbonyl (C=O) groups is 2. The summed E-state index contributed by atoms with van der Waals surface area (Å²) in [5.41, 5.74) is 1.56. The van der Waals surface area contributed by atoms with Crippen molar-refractivity contribution < 1.29 is 14.3 Å². The van der Waals surface area contributed by atoms with Crippen LogP contribution in [0.5, 0.6) is 0 Å². The van der Waals surface area contributed by atoms with Gasteiger partial charge in [-0.05, 0) is 30.5 Å². The summed E-state index contributed by atoms with van der Waals surface area (Å²) >= 11 is 0. The fourth-order valence-corrected chi connectivity index (χ4v) is 2.07. The van der Waals surface area contributed by atoms with Gasteiger partial charge in [-0.2, -0.15) is 5.26 Å². The second kappa shape index (κ2) is 7.41. The number of nitrogens with zero attached hydrogens (tertiary/aromatic N) is 1. The Hall–Kier alpha value is -2.39. The van der Waals surface area contributed by atoms with Crippen molar-refractivity contribution in [1.82, 2.24) is 5.32 Å². The summed E-state index contributed by atoms with van der Waals surface area (Å²) in [6.45, 7) is 1.07. The van der Waals surface area contributed by atoms with Gasteiger partial charge in [0.05, 0.1) is 6.07 Å². The number of carbonyl (C=O) groups excluding carboxylic acids is 2. The van der Waals surface area contributed by atoms with E-state index in [4.69, 9.17) is 10.00 Å². The van der Waals surface area contributed by atoms with Gasteiger partial charge in [0.15, 0.2) is 0 Å². The van der Waals surface area contributed by atoms with E-state index in [9.17, 15) is 9.59 Å². The van der Waals surface area contributed by atoms with E-state index in [0.717, 1.165) is 18.4 Å². The molecule has 1 heterocycles. The molecule has 6 nitrogen and oxygen atoms in total. The molecule has 0 radical (unpaired) electrons. The molecule has 0 saturated carbocycles. The standard InChI is InChI=1S/C15H17N3O3/c16-8-7-14(19)18-12-5-3-11(4-6-12)10-17-15(20)13-2-1-9-21-13/h3-6,13H,1-2,7,9-10H2,(H,17,20)(H,18,19). The van der Waals surface area contributed by atoms with Crippen LogP contribution >= 0.6 is 0 Å². The lowest BCUT2D eigenvalue weighted by atomic mass is 10.2. The highest BCUT2D eigenvalue weighted by molar-refractivity contribution is 5.92. The monoisotopic (exact) mass is 287 g/mol. The Labute approximate surface area is 123 Å². The lowest BCUT2D eigenvalue weighted by Gasteiger charge is -2.10. The number of hydrogen-bond acceptors (Lipinski definition) is 4. The van der Waals surface area contributed by atoms with Gasteiger partial charge in [-0.25, -0.2) is 0 Å². The van der Waals surface area contributed by atoms with Gasteiger partial charge in [0, 0.05) is 18.8 Å². The predicted octanol–water partition coefficient (Wildman–Crippen LogP) is 1.33. The average Bonchev–Trinajstić information content (AvgIpc) is 3.01. The van der Waals surface area contributed by atoms with Gasteiger partial charge in [0.1, 0.15) is 12.5 Å². The van der Waals surface area contributed by atoms with Crippen LogP contribution in [0.3, 0.4) is 0 Å². The SMILES string of the molecule is N#CCC(=O)Nc1ccc(CNC(=O)C2CCCO2)cc1. The maximum absolute atomic E-state index is 11.8. The molecule has 1 fully saturated rings. The Bertz CT molecular complexity index is 542. The number of rotatable bonds is 5. The van der Waals surface area contributed by atoms with Crippen molar-refractivity contribution in [3.05, 3.63) is 29.8 Å². The van der Waals surface area contributed by atoms with Crippen LogP contribution in [0.15, 0.2) is 24.3 Å². The fraction of sp³-hybridized carbons (Fsp3) is 0.400. The third-order valence-corrected chi connectivity index (χ3v) is 3.17. The second-order valence-electron chi connectivity index (χ2n) is 4.80. The summed E-state index contributed by atoms with van der Waals surface area (Å²) < 4.78 is 5.30. The Balaban J connectivity index is 1.80. The Morgan fingerprint density at radius 3 is 2.71 bits per heavy atom. The number of anilines is 1. The van der Waals surface area contributed by atoms with E-state index in [1.807, 2.05) is 12.1 Å². The van der Waals surface area contributed by atoms with Crippen molar-refractivity contribution in [3.8, 4) is 6.07 Å². The second-order valence-corrected chi connectivity index (χ2v) is 4.80. The Morgan fingerprint density at radius 1 is 1.33 bits per heavy atom. The number of nitrogens with one attached hydrogen (secondary N) is 2. The summed E-state index contributed by atoms with van der Waals surface area (Å²) in [6.07, 6.45) is 1.21. The molecule has 1 aliphatic rings. The molecule has 2 N–H and O–H groups in total. The lowest BCUT2D eigenvalue weighted by Crippen LogP contribution is -2.33. The van der Waals surface area contributed by atoms with Gasteiger partial charge < -0.3 is 15.4 Å². The highest BCUT2D eigenvalue weighted by Gasteiger charge is 2.22. The minimum atomic E-state index is -0.336. The number of benzene rings is 1. The quantitative estimate of drug-likeness (QED) is 0.854. The van der Waals surface area contributed by atoms with Crippen LogP contribution in [0.25, 0.3) is 0 Å². The van der Waals surface area contributed by atoms with E-state index < -0.39 is 0 Å². The van der Waals surface area contributed by atoms with Crippen molar-refractivity contribution in [1.29, 1.82) is 5.26 Å². The van der Waals surface area contributed by atoms with Crippen molar-refractivity contribution in [2.45, 2.75) is 31.9 Å². The summed E-state index contributed by atoms with van der Waals surface area (Å²) in [7, 11) is 0. The minimum Gasteiger partial charge on any atom is -0.368 e. The van der Waals surface area contributed by atoms with Crippen LogP contribution in [0.4, 0.5) is 5.69 Å². The molecule has 2 amide bonds. The van der Waals surface area contributed by atoms with E-state index in [2.05, 4.69) is 10.6 Å². The van der Waals surface area contributed by atoms with Crippen LogP contribution in [-0.4, -0.2) is 24.5 Å². The van der Waals surface area contributed by atoms with Gasteiger partial charge in [-0.15, -0.1) is 0 Å². The normalized spacial score (nSPS) is 17.0. The first-order chi connectivity index (χ1) is 10.2. The van der Waals surface area contributed by atoms with E-state index in [0.29, 0.717) is 18.8 Å². The molecule has 1 saturated heterocycles. The van der Waals surface area contributed by atoms with Gasteiger partial charge in [-0.1, -0.05) is 12.1 Å². The van der Waals surface area contributed by atoms with Gasteiger partial charge in [0.25, 0.3) is 0 Å². The molecule has 6 heteroatoms. The topological polar surface area (TPSA) is 91.2 Å². The molecule has 21 heavy (non-hydrogen) atoms. The number of ether oxygens (including phenoxy) is 1. The first kappa shape index (κ1) is 15.0. The van der Waals surface area contributed by atoms with Gasteiger partial charge in [0.2, 0.25) is 11.8 Å². The molecule has 1 unspecified atom stereocenters. The summed E-state index contributed by atoms with van der Waals surface area (Å²) in [4.78, 5) is 23.0. The molecule has 1 aromatic carbocycles. The summed E-state index contributed by atoms with van der Waals surface area (Å²) in [5, 5.41) is 13.8. The van der Waals surface area contributed by atoms with E-state index in [-0.39, 0.29) is 24.3 Å². The minimum absolute atomic E-state index is 0.0844. The summed E-state index contributed by atoms with van der Waals surface area (Å²) in [5.74, 6) is -0.421. The molecule has 0 aromatic heterocycles. The predicted molar refractivity (Wildman–Crippen MR) is 76.1 cm³/mol. The van der Waals surface area contributed by atoms with E-state index in [1.54, 1.807) is 18.2 Å². The number of amides is 2. The first-order valence-electron chi connectivity index (χ1n) is 6.84. The van der Waals surface area contributed by atoms with Crippen molar-refractivity contribution in [2.75, 3.05) is 11.9 Å². The zero-order valence-electron chi connectivity index (χ0n) is 11.6. The molecular formula is C15H17N3O3. The fourth-order valence-electron chi connectivity index (χ4n) is 2.07. The average molecular weight is 287 g/mol. The zero-order chi connectivity index (χ0) is 15.1. The number of nitriles is 1. The largest absolute Gasteiger partial charge is 0.368 e. The van der Waals surface area contributed by atoms with E-state index in [1.165, 1.54) is 0 Å². The molecule has 0 aliphatic carbocycles. The molecule has 0 bridgehead atoms. The van der Waals surface area contributed by atoms with Crippen LogP contribution in [0.1, 0.15) is 24.8 Å². The zero-order valence-corrected chi connectivity index (χ0v) is 11.6.